The summed E-state index contributed by atoms with van der Waals surface area (Å²) in [5.74, 6) is -0.642. The second-order valence-corrected chi connectivity index (χ2v) is 5.76. The van der Waals surface area contributed by atoms with Gasteiger partial charge in [-0.3, -0.25) is 0 Å². The summed E-state index contributed by atoms with van der Waals surface area (Å²) in [5, 5.41) is 2.88. The Hall–Kier alpha value is -0.400. The first kappa shape index (κ1) is 17.6. The first-order valence-corrected chi connectivity index (χ1v) is 6.85. The number of halogens is 3. The van der Waals surface area contributed by atoms with E-state index in [-0.39, 0.29) is 34.9 Å². The van der Waals surface area contributed by atoms with E-state index in [0.29, 0.717) is 0 Å². The number of rotatable bonds is 5. The van der Waals surface area contributed by atoms with Crippen molar-refractivity contribution in [2.75, 3.05) is 13.6 Å². The van der Waals surface area contributed by atoms with E-state index in [1.54, 1.807) is 7.05 Å². The van der Waals surface area contributed by atoms with Gasteiger partial charge in [0.2, 0.25) is 10.0 Å². The van der Waals surface area contributed by atoms with E-state index < -0.39 is 15.8 Å². The Kier molecular flexibility index (Phi) is 7.09. The molecule has 1 aromatic carbocycles. The highest BCUT2D eigenvalue weighted by Crippen LogP contribution is 2.21. The van der Waals surface area contributed by atoms with E-state index in [0.717, 1.165) is 12.1 Å². The van der Waals surface area contributed by atoms with Crippen LogP contribution in [0.4, 0.5) is 4.39 Å². The molecule has 0 spiro atoms. The van der Waals surface area contributed by atoms with Gasteiger partial charge >= 0.3 is 0 Å². The Balaban J connectivity index is 0.00000289. The van der Waals surface area contributed by atoms with Crippen LogP contribution in [0, 0.1) is 5.82 Å². The largest absolute Gasteiger partial charge is 0.316 e. The SMILES string of the molecule is CNC(C)CNS(=O)(=O)c1cc(F)ccc1Cl.Cl. The van der Waals surface area contributed by atoms with E-state index in [4.69, 9.17) is 11.6 Å². The molecule has 2 N–H and O–H groups in total. The van der Waals surface area contributed by atoms with Crippen LogP contribution < -0.4 is 10.0 Å². The zero-order valence-corrected chi connectivity index (χ0v) is 12.3. The predicted molar refractivity (Wildman–Crippen MR) is 72.4 cm³/mol. The molecule has 0 aliphatic heterocycles. The fourth-order valence-electron chi connectivity index (χ4n) is 1.10. The minimum absolute atomic E-state index is 0. The van der Waals surface area contributed by atoms with Crippen molar-refractivity contribution in [1.29, 1.82) is 0 Å². The third-order valence-electron chi connectivity index (χ3n) is 2.26. The van der Waals surface area contributed by atoms with Crippen LogP contribution in [0.3, 0.4) is 0 Å². The summed E-state index contributed by atoms with van der Waals surface area (Å²) < 4.78 is 39.0. The van der Waals surface area contributed by atoms with Crippen molar-refractivity contribution in [2.24, 2.45) is 0 Å². The highest BCUT2D eigenvalue weighted by molar-refractivity contribution is 7.89. The molecule has 104 valence electrons. The number of hydrogen-bond acceptors (Lipinski definition) is 3. The van der Waals surface area contributed by atoms with Gasteiger partial charge in [-0.05, 0) is 32.2 Å². The quantitative estimate of drug-likeness (QED) is 0.870. The second-order valence-electron chi connectivity index (χ2n) is 3.62. The lowest BCUT2D eigenvalue weighted by Crippen LogP contribution is -2.37. The molecular weight excluding hydrogens is 302 g/mol. The molecule has 0 fully saturated rings. The third kappa shape index (κ3) is 4.70. The van der Waals surface area contributed by atoms with Gasteiger partial charge in [-0.1, -0.05) is 11.6 Å². The van der Waals surface area contributed by atoms with Gasteiger partial charge in [-0.2, -0.15) is 0 Å². The zero-order chi connectivity index (χ0) is 13.1. The summed E-state index contributed by atoms with van der Waals surface area (Å²) in [5.41, 5.74) is 0. The van der Waals surface area contributed by atoms with Crippen molar-refractivity contribution in [3.63, 3.8) is 0 Å². The fourth-order valence-corrected chi connectivity index (χ4v) is 2.74. The second kappa shape index (κ2) is 7.25. The number of hydrogen-bond donors (Lipinski definition) is 2. The first-order valence-electron chi connectivity index (χ1n) is 4.99. The van der Waals surface area contributed by atoms with Crippen LogP contribution >= 0.6 is 24.0 Å². The average molecular weight is 317 g/mol. The Morgan fingerprint density at radius 1 is 1.44 bits per heavy atom. The predicted octanol–water partition coefficient (Wildman–Crippen LogP) is 1.79. The standard InChI is InChI=1S/C10H14ClFN2O2S.ClH/c1-7(13-2)6-14-17(15,16)10-5-8(12)3-4-9(10)11;/h3-5,7,13-14H,6H2,1-2H3;1H. The number of sulfonamides is 1. The van der Waals surface area contributed by atoms with Crippen LogP contribution in [0.2, 0.25) is 5.02 Å². The van der Waals surface area contributed by atoms with Crippen molar-refractivity contribution in [1.82, 2.24) is 10.0 Å². The van der Waals surface area contributed by atoms with Gasteiger partial charge in [0, 0.05) is 12.6 Å². The van der Waals surface area contributed by atoms with Crippen molar-refractivity contribution in [3.8, 4) is 0 Å². The lowest BCUT2D eigenvalue weighted by Gasteiger charge is -2.12. The van der Waals surface area contributed by atoms with E-state index in [1.807, 2.05) is 6.92 Å². The van der Waals surface area contributed by atoms with Gasteiger partial charge in [-0.25, -0.2) is 17.5 Å². The maximum absolute atomic E-state index is 13.0. The van der Waals surface area contributed by atoms with Crippen molar-refractivity contribution >= 4 is 34.0 Å². The van der Waals surface area contributed by atoms with Crippen LogP contribution in [0.1, 0.15) is 6.92 Å². The van der Waals surface area contributed by atoms with Crippen LogP contribution in [-0.2, 0) is 10.0 Å². The molecule has 0 aliphatic carbocycles. The third-order valence-corrected chi connectivity index (χ3v) is 4.16. The van der Waals surface area contributed by atoms with Crippen LogP contribution in [0.5, 0.6) is 0 Å². The molecule has 0 aromatic heterocycles. The lowest BCUT2D eigenvalue weighted by atomic mass is 10.3. The molecule has 0 aliphatic rings. The van der Waals surface area contributed by atoms with Crippen LogP contribution in [0.25, 0.3) is 0 Å². The Bertz CT molecular complexity index is 497. The molecule has 0 radical (unpaired) electrons. The summed E-state index contributed by atoms with van der Waals surface area (Å²) in [7, 11) is -2.06. The number of likely N-dealkylation sites (N-methyl/N-ethyl adjacent to an activating group) is 1. The lowest BCUT2D eigenvalue weighted by molar-refractivity contribution is 0.552. The van der Waals surface area contributed by atoms with Crippen molar-refractivity contribution < 1.29 is 12.8 Å². The normalized spacial score (nSPS) is 12.9. The number of nitrogens with one attached hydrogen (secondary N) is 2. The minimum Gasteiger partial charge on any atom is -0.316 e. The summed E-state index contributed by atoms with van der Waals surface area (Å²) in [6, 6.07) is 3.19. The molecular formula is C10H15Cl2FN2O2S. The maximum Gasteiger partial charge on any atom is 0.242 e. The molecule has 1 aromatic rings. The molecule has 0 saturated carbocycles. The summed E-state index contributed by atoms with van der Waals surface area (Å²) >= 11 is 5.73. The number of benzene rings is 1. The van der Waals surface area contributed by atoms with Crippen molar-refractivity contribution in [3.05, 3.63) is 29.0 Å². The van der Waals surface area contributed by atoms with E-state index in [2.05, 4.69) is 10.0 Å². The molecule has 4 nitrogen and oxygen atoms in total. The first-order chi connectivity index (χ1) is 7.86. The van der Waals surface area contributed by atoms with E-state index in [9.17, 15) is 12.8 Å². The average Bonchev–Trinajstić information content (AvgIpc) is 2.29. The molecule has 0 bridgehead atoms. The molecule has 0 saturated heterocycles. The highest BCUT2D eigenvalue weighted by atomic mass is 35.5. The van der Waals surface area contributed by atoms with E-state index >= 15 is 0 Å². The molecule has 0 heterocycles. The topological polar surface area (TPSA) is 58.2 Å². The summed E-state index contributed by atoms with van der Waals surface area (Å²) in [4.78, 5) is -0.248. The van der Waals surface area contributed by atoms with Gasteiger partial charge in [0.1, 0.15) is 10.7 Å². The smallest absolute Gasteiger partial charge is 0.242 e. The maximum atomic E-state index is 13.0. The van der Waals surface area contributed by atoms with Gasteiger partial charge < -0.3 is 5.32 Å². The van der Waals surface area contributed by atoms with Gasteiger partial charge in [0.05, 0.1) is 5.02 Å². The fraction of sp³-hybridized carbons (Fsp3) is 0.400. The van der Waals surface area contributed by atoms with Gasteiger partial charge in [-0.15, -0.1) is 12.4 Å². The minimum atomic E-state index is -3.78. The van der Waals surface area contributed by atoms with Crippen LogP contribution in [-0.4, -0.2) is 28.1 Å². The van der Waals surface area contributed by atoms with Gasteiger partial charge in [0.25, 0.3) is 0 Å². The van der Waals surface area contributed by atoms with Crippen molar-refractivity contribution in [2.45, 2.75) is 17.9 Å². The summed E-state index contributed by atoms with van der Waals surface area (Å²) in [6.45, 7) is 2.02. The molecule has 0 amide bonds. The van der Waals surface area contributed by atoms with Gasteiger partial charge in [0.15, 0.2) is 0 Å². The summed E-state index contributed by atoms with van der Waals surface area (Å²) in [6.07, 6.45) is 0. The Morgan fingerprint density at radius 2 is 2.06 bits per heavy atom. The Labute approximate surface area is 117 Å². The molecule has 1 atom stereocenters. The monoisotopic (exact) mass is 316 g/mol. The van der Waals surface area contributed by atoms with Crippen LogP contribution in [0.15, 0.2) is 23.1 Å². The Morgan fingerprint density at radius 3 is 2.61 bits per heavy atom. The van der Waals surface area contributed by atoms with E-state index in [1.165, 1.54) is 6.07 Å². The highest BCUT2D eigenvalue weighted by Gasteiger charge is 2.18. The molecule has 1 rings (SSSR count). The molecule has 18 heavy (non-hydrogen) atoms. The zero-order valence-electron chi connectivity index (χ0n) is 9.91. The molecule has 1 unspecified atom stereocenters. The molecule has 8 heteroatoms.